The highest BCUT2D eigenvalue weighted by Crippen LogP contribution is 2.17. The number of aromatic nitrogens is 1. The molecule has 0 unspecified atom stereocenters. The first-order valence-electron chi connectivity index (χ1n) is 5.81. The van der Waals surface area contributed by atoms with E-state index in [9.17, 15) is 0 Å². The number of benzene rings is 1. The zero-order chi connectivity index (χ0) is 13.7. The molecule has 2 aromatic rings. The molecule has 1 aromatic heterocycles. The summed E-state index contributed by atoms with van der Waals surface area (Å²) in [5.41, 5.74) is 8.56. The molecule has 5 nitrogen and oxygen atoms in total. The van der Waals surface area contributed by atoms with Crippen LogP contribution < -0.4 is 11.1 Å². The van der Waals surface area contributed by atoms with Crippen molar-refractivity contribution in [2.75, 3.05) is 11.1 Å². The molecule has 0 bridgehead atoms. The lowest BCUT2D eigenvalue weighted by atomic mass is 10.1. The van der Waals surface area contributed by atoms with E-state index >= 15 is 0 Å². The van der Waals surface area contributed by atoms with E-state index in [1.807, 2.05) is 30.3 Å². The maximum Gasteiger partial charge on any atom is 0.149 e. The second-order valence-electron chi connectivity index (χ2n) is 4.11. The summed E-state index contributed by atoms with van der Waals surface area (Å²) in [6, 6.07) is 11.2. The van der Waals surface area contributed by atoms with Crippen LogP contribution in [0.25, 0.3) is 0 Å². The first kappa shape index (κ1) is 12.9. The number of rotatable bonds is 4. The molecule has 0 aliphatic rings. The Kier molecular flexibility index (Phi) is 3.96. The average molecular weight is 254 g/mol. The fourth-order valence-corrected chi connectivity index (χ4v) is 1.71. The van der Waals surface area contributed by atoms with Crippen LogP contribution >= 0.6 is 0 Å². The highest BCUT2D eigenvalue weighted by Gasteiger charge is 2.02. The van der Waals surface area contributed by atoms with Crippen molar-refractivity contribution >= 4 is 11.5 Å². The molecule has 5 heteroatoms. The molecule has 2 rings (SSSR count). The number of hydrogen-bond acceptors (Lipinski definition) is 5. The van der Waals surface area contributed by atoms with Crippen LogP contribution in [-0.4, -0.2) is 10.1 Å². The molecular formula is C14H14N4O. The van der Waals surface area contributed by atoms with Crippen LogP contribution in [0.15, 0.2) is 36.5 Å². The first-order valence-corrected chi connectivity index (χ1v) is 5.81. The number of aliphatic hydroxyl groups is 1. The van der Waals surface area contributed by atoms with Crippen molar-refractivity contribution in [3.05, 3.63) is 53.2 Å². The lowest BCUT2D eigenvalue weighted by molar-refractivity contribution is 0.281. The topological polar surface area (TPSA) is 95.0 Å². The Morgan fingerprint density at radius 2 is 2.11 bits per heavy atom. The quantitative estimate of drug-likeness (QED) is 0.771. The van der Waals surface area contributed by atoms with Gasteiger partial charge in [-0.05, 0) is 17.2 Å². The Labute approximate surface area is 111 Å². The molecule has 96 valence electrons. The summed E-state index contributed by atoms with van der Waals surface area (Å²) in [7, 11) is 0. The van der Waals surface area contributed by atoms with E-state index < -0.39 is 0 Å². The van der Waals surface area contributed by atoms with E-state index in [1.165, 1.54) is 6.20 Å². The molecule has 1 aromatic carbocycles. The summed E-state index contributed by atoms with van der Waals surface area (Å²) >= 11 is 0. The molecule has 0 aliphatic carbocycles. The van der Waals surface area contributed by atoms with Crippen molar-refractivity contribution in [1.82, 2.24) is 4.98 Å². The lowest BCUT2D eigenvalue weighted by Crippen LogP contribution is -2.05. The van der Waals surface area contributed by atoms with Crippen LogP contribution in [0.1, 0.15) is 16.7 Å². The Bertz CT molecular complexity index is 619. The van der Waals surface area contributed by atoms with E-state index in [0.29, 0.717) is 23.6 Å². The van der Waals surface area contributed by atoms with Crippen LogP contribution in [0.5, 0.6) is 0 Å². The second kappa shape index (κ2) is 5.85. The number of hydrogen-bond donors (Lipinski definition) is 3. The molecule has 0 amide bonds. The van der Waals surface area contributed by atoms with Gasteiger partial charge in [-0.15, -0.1) is 0 Å². The number of nitrogens with one attached hydrogen (secondary N) is 1. The maximum absolute atomic E-state index is 9.07. The minimum absolute atomic E-state index is 0.0189. The number of anilines is 2. The number of nitrogens with two attached hydrogens (primary N) is 1. The van der Waals surface area contributed by atoms with Gasteiger partial charge >= 0.3 is 0 Å². The van der Waals surface area contributed by atoms with Gasteiger partial charge in [-0.2, -0.15) is 5.26 Å². The molecule has 0 radical (unpaired) electrons. The molecular weight excluding hydrogens is 240 g/mol. The third kappa shape index (κ3) is 3.21. The van der Waals surface area contributed by atoms with Crippen molar-refractivity contribution in [1.29, 1.82) is 5.26 Å². The monoisotopic (exact) mass is 254 g/mol. The standard InChI is InChI=1S/C14H14N4O/c15-6-12-5-13(16)14(18-8-12)17-7-10-2-1-3-11(4-10)9-19/h1-5,8,19H,7,9,16H2,(H,17,18). The molecule has 0 saturated heterocycles. The van der Waals surface area contributed by atoms with Gasteiger partial charge in [0.15, 0.2) is 0 Å². The molecule has 0 aliphatic heterocycles. The predicted octanol–water partition coefficient (Wildman–Crippen LogP) is 1.64. The Morgan fingerprint density at radius 3 is 2.79 bits per heavy atom. The maximum atomic E-state index is 9.07. The predicted molar refractivity (Wildman–Crippen MR) is 73.1 cm³/mol. The van der Waals surface area contributed by atoms with Crippen molar-refractivity contribution in [3.8, 4) is 6.07 Å². The van der Waals surface area contributed by atoms with Gasteiger partial charge in [0.1, 0.15) is 11.9 Å². The zero-order valence-corrected chi connectivity index (χ0v) is 10.3. The SMILES string of the molecule is N#Cc1cnc(NCc2cccc(CO)c2)c(N)c1. The van der Waals surface area contributed by atoms with Gasteiger partial charge in [-0.1, -0.05) is 24.3 Å². The highest BCUT2D eigenvalue weighted by molar-refractivity contribution is 5.63. The third-order valence-corrected chi connectivity index (χ3v) is 2.68. The number of pyridine rings is 1. The van der Waals surface area contributed by atoms with Crippen LogP contribution in [0.4, 0.5) is 11.5 Å². The van der Waals surface area contributed by atoms with Gasteiger partial charge in [0, 0.05) is 12.7 Å². The van der Waals surface area contributed by atoms with E-state index in [4.69, 9.17) is 16.1 Å². The van der Waals surface area contributed by atoms with Gasteiger partial charge in [0.05, 0.1) is 17.9 Å². The van der Waals surface area contributed by atoms with Crippen LogP contribution in [0.2, 0.25) is 0 Å². The second-order valence-corrected chi connectivity index (χ2v) is 4.11. The minimum atomic E-state index is 0.0189. The smallest absolute Gasteiger partial charge is 0.149 e. The largest absolute Gasteiger partial charge is 0.396 e. The lowest BCUT2D eigenvalue weighted by Gasteiger charge is -2.09. The summed E-state index contributed by atoms with van der Waals surface area (Å²) in [5, 5.41) is 20.9. The van der Waals surface area contributed by atoms with Crippen molar-refractivity contribution in [3.63, 3.8) is 0 Å². The van der Waals surface area contributed by atoms with Crippen LogP contribution in [-0.2, 0) is 13.2 Å². The molecule has 4 N–H and O–H groups in total. The van der Waals surface area contributed by atoms with Gasteiger partial charge in [-0.3, -0.25) is 0 Å². The third-order valence-electron chi connectivity index (χ3n) is 2.68. The number of nitrogens with zero attached hydrogens (tertiary/aromatic N) is 2. The summed E-state index contributed by atoms with van der Waals surface area (Å²) in [6.45, 7) is 0.571. The average Bonchev–Trinajstić information content (AvgIpc) is 2.46. The van der Waals surface area contributed by atoms with Crippen molar-refractivity contribution in [2.45, 2.75) is 13.2 Å². The van der Waals surface area contributed by atoms with Crippen molar-refractivity contribution < 1.29 is 5.11 Å². The highest BCUT2D eigenvalue weighted by atomic mass is 16.3. The summed E-state index contributed by atoms with van der Waals surface area (Å²) < 4.78 is 0. The number of nitriles is 1. The van der Waals surface area contributed by atoms with E-state index in [1.54, 1.807) is 6.07 Å². The Hall–Kier alpha value is -2.58. The first-order chi connectivity index (χ1) is 9.22. The fraction of sp³-hybridized carbons (Fsp3) is 0.143. The summed E-state index contributed by atoms with van der Waals surface area (Å²) in [6.07, 6.45) is 1.48. The number of nitrogen functional groups attached to an aromatic ring is 1. The van der Waals surface area contributed by atoms with E-state index in [2.05, 4.69) is 10.3 Å². The van der Waals surface area contributed by atoms with Crippen LogP contribution in [0, 0.1) is 11.3 Å². The van der Waals surface area contributed by atoms with Gasteiger partial charge in [0.2, 0.25) is 0 Å². The molecule has 1 heterocycles. The fourth-order valence-electron chi connectivity index (χ4n) is 1.71. The molecule has 19 heavy (non-hydrogen) atoms. The Balaban J connectivity index is 2.08. The normalized spacial score (nSPS) is 9.89. The minimum Gasteiger partial charge on any atom is -0.396 e. The summed E-state index contributed by atoms with van der Waals surface area (Å²) in [5.74, 6) is 0.549. The van der Waals surface area contributed by atoms with E-state index in [0.717, 1.165) is 11.1 Å². The van der Waals surface area contributed by atoms with Gasteiger partial charge < -0.3 is 16.2 Å². The molecule has 0 spiro atoms. The molecule has 0 fully saturated rings. The Morgan fingerprint density at radius 1 is 1.32 bits per heavy atom. The summed E-state index contributed by atoms with van der Waals surface area (Å²) in [4.78, 5) is 4.10. The van der Waals surface area contributed by atoms with Gasteiger partial charge in [0.25, 0.3) is 0 Å². The zero-order valence-electron chi connectivity index (χ0n) is 10.3. The number of aliphatic hydroxyl groups excluding tert-OH is 1. The molecule has 0 atom stereocenters. The molecule has 0 saturated carbocycles. The van der Waals surface area contributed by atoms with Gasteiger partial charge in [-0.25, -0.2) is 4.98 Å². The van der Waals surface area contributed by atoms with Crippen molar-refractivity contribution in [2.24, 2.45) is 0 Å². The van der Waals surface area contributed by atoms with E-state index in [-0.39, 0.29) is 6.61 Å². The van der Waals surface area contributed by atoms with Crippen LogP contribution in [0.3, 0.4) is 0 Å².